The lowest BCUT2D eigenvalue weighted by Gasteiger charge is -2.60. The van der Waals surface area contributed by atoms with Gasteiger partial charge >= 0.3 is 0 Å². The maximum absolute atomic E-state index is 12.7. The molecule has 0 saturated carbocycles. The van der Waals surface area contributed by atoms with Crippen LogP contribution in [-0.4, -0.2) is 77.6 Å². The van der Waals surface area contributed by atoms with Gasteiger partial charge < -0.3 is 29.7 Å². The maximum Gasteiger partial charge on any atom is 0.230 e. The van der Waals surface area contributed by atoms with Crippen LogP contribution in [-0.2, 0) is 20.7 Å². The number of allylic oxidation sites excluding steroid dienone is 2. The summed E-state index contributed by atoms with van der Waals surface area (Å²) in [6.45, 7) is 5.90. The summed E-state index contributed by atoms with van der Waals surface area (Å²) in [5.74, 6) is 1.06. The van der Waals surface area contributed by atoms with Crippen LogP contribution in [0.3, 0.4) is 0 Å². The average Bonchev–Trinajstić information content (AvgIpc) is 3.46. The van der Waals surface area contributed by atoms with Crippen LogP contribution >= 0.6 is 0 Å². The Kier molecular flexibility index (Phi) is 7.71. The van der Waals surface area contributed by atoms with Crippen LogP contribution in [0.1, 0.15) is 55.8 Å². The van der Waals surface area contributed by atoms with Gasteiger partial charge in [-0.1, -0.05) is 13.0 Å². The number of phenols is 1. The van der Waals surface area contributed by atoms with Crippen molar-refractivity contribution < 1.29 is 29.2 Å². The van der Waals surface area contributed by atoms with E-state index in [0.29, 0.717) is 48.3 Å². The molecule has 5 atom stereocenters. The lowest BCUT2D eigenvalue weighted by atomic mass is 9.71. The number of benzene rings is 1. The van der Waals surface area contributed by atoms with E-state index >= 15 is 0 Å². The van der Waals surface area contributed by atoms with Crippen LogP contribution in [0, 0.1) is 18.3 Å². The zero-order valence-corrected chi connectivity index (χ0v) is 23.7. The number of hydrogen-bond acceptors (Lipinski definition) is 9. The highest BCUT2D eigenvalue weighted by Gasteiger charge is 2.56. The Bertz CT molecular complexity index is 1330. The molecule has 4 aliphatic heterocycles. The number of rotatable bonds is 7. The predicted molar refractivity (Wildman–Crippen MR) is 147 cm³/mol. The zero-order chi connectivity index (χ0) is 28.7. The second-order valence-corrected chi connectivity index (χ2v) is 10.9. The Balaban J connectivity index is 1.72. The molecule has 0 spiro atoms. The number of amides is 1. The van der Waals surface area contributed by atoms with Crippen molar-refractivity contribution in [3.05, 3.63) is 57.8 Å². The molecule has 3 N–H and O–H groups in total. The summed E-state index contributed by atoms with van der Waals surface area (Å²) in [5.41, 5.74) is 3.99. The Morgan fingerprint density at radius 1 is 1.35 bits per heavy atom. The third-order valence-electron chi connectivity index (χ3n) is 8.74. The SMILES string of the molecule is C/C=C(\O)C1=C(C2=COCO2)[C@H](CNC(=O)CCC)N2C(C1)[C@H]1c3c(cc(C)c(OC)c3O)C[C@@H]([C@@H]2C#N)N1C. The molecule has 214 valence electrons. The number of aliphatic hydroxyl groups excluding tert-OH is 1. The molecule has 1 amide bonds. The van der Waals surface area contributed by atoms with E-state index in [4.69, 9.17) is 14.2 Å². The fourth-order valence-electron chi connectivity index (χ4n) is 7.08. The van der Waals surface area contributed by atoms with Gasteiger partial charge in [-0.15, -0.1) is 0 Å². The summed E-state index contributed by atoms with van der Waals surface area (Å²) in [4.78, 5) is 17.0. The van der Waals surface area contributed by atoms with Gasteiger partial charge in [-0.3, -0.25) is 14.6 Å². The van der Waals surface area contributed by atoms with Crippen LogP contribution in [0.4, 0.5) is 0 Å². The molecule has 1 fully saturated rings. The number of ether oxygens (including phenoxy) is 3. The second-order valence-electron chi connectivity index (χ2n) is 10.9. The molecular formula is C30H38N4O6. The monoisotopic (exact) mass is 550 g/mol. The fraction of sp³-hybridized carbons (Fsp3) is 0.533. The third-order valence-corrected chi connectivity index (χ3v) is 8.74. The number of nitriles is 1. The first-order valence-electron chi connectivity index (χ1n) is 13.9. The van der Waals surface area contributed by atoms with E-state index in [1.165, 1.54) is 6.26 Å². The highest BCUT2D eigenvalue weighted by atomic mass is 16.7. The summed E-state index contributed by atoms with van der Waals surface area (Å²) in [7, 11) is 3.54. The number of aliphatic hydroxyl groups is 1. The number of hydrogen-bond donors (Lipinski definition) is 3. The Morgan fingerprint density at radius 2 is 2.12 bits per heavy atom. The first-order chi connectivity index (χ1) is 19.3. The Hall–Kier alpha value is -3.68. The third kappa shape index (κ3) is 4.38. The van der Waals surface area contributed by atoms with Crippen molar-refractivity contribution in [1.82, 2.24) is 15.1 Å². The van der Waals surface area contributed by atoms with Crippen LogP contribution < -0.4 is 10.1 Å². The van der Waals surface area contributed by atoms with E-state index in [2.05, 4.69) is 27.3 Å². The van der Waals surface area contributed by atoms with Crippen molar-refractivity contribution in [2.24, 2.45) is 0 Å². The number of carbonyl (C=O) groups is 1. The largest absolute Gasteiger partial charge is 0.508 e. The molecule has 2 bridgehead atoms. The standard InChI is InChI=1S/C30H38N4O6/c1-6-8-25(36)32-13-22-27(24-14-39-15-40-24)18(23(35)7-2)11-20-28-26-17(9-16(3)30(38-5)29(26)37)10-19(33(28)4)21(12-31)34(20)22/h7,9,14,19-22,28,35,37H,6,8,10-11,13,15H2,1-5H3,(H,32,36)/b23-7-/t19-,20?,21-,22-,28-/m0/s1. The van der Waals surface area contributed by atoms with Gasteiger partial charge in [0.1, 0.15) is 18.1 Å². The molecule has 1 unspecified atom stereocenters. The molecule has 10 heteroatoms. The zero-order valence-electron chi connectivity index (χ0n) is 23.7. The van der Waals surface area contributed by atoms with Crippen LogP contribution in [0.2, 0.25) is 0 Å². The van der Waals surface area contributed by atoms with E-state index in [-0.39, 0.29) is 48.9 Å². The molecule has 1 aromatic carbocycles. The summed E-state index contributed by atoms with van der Waals surface area (Å²) < 4.78 is 16.8. The van der Waals surface area contributed by atoms with Gasteiger partial charge in [0.2, 0.25) is 12.7 Å². The van der Waals surface area contributed by atoms with E-state index < -0.39 is 12.1 Å². The lowest BCUT2D eigenvalue weighted by molar-refractivity contribution is -0.121. The van der Waals surface area contributed by atoms with Crippen molar-refractivity contribution in [3.63, 3.8) is 0 Å². The Morgan fingerprint density at radius 3 is 2.75 bits per heavy atom. The smallest absolute Gasteiger partial charge is 0.230 e. The highest BCUT2D eigenvalue weighted by Crippen LogP contribution is 2.54. The summed E-state index contributed by atoms with van der Waals surface area (Å²) in [6, 6.07) is 2.86. The summed E-state index contributed by atoms with van der Waals surface area (Å²) >= 11 is 0. The van der Waals surface area contributed by atoms with Crippen LogP contribution in [0.25, 0.3) is 0 Å². The highest BCUT2D eigenvalue weighted by molar-refractivity contribution is 5.76. The number of piperazine rings is 1. The number of likely N-dealkylation sites (N-methyl/N-ethyl adjacent to an activating group) is 1. The first kappa shape index (κ1) is 27.9. The molecule has 5 rings (SSSR count). The summed E-state index contributed by atoms with van der Waals surface area (Å²) in [5, 5.41) is 36.4. The van der Waals surface area contributed by atoms with Gasteiger partial charge in [-0.25, -0.2) is 0 Å². The number of aryl methyl sites for hydroxylation is 1. The maximum atomic E-state index is 12.7. The molecule has 1 saturated heterocycles. The van der Waals surface area contributed by atoms with E-state index in [1.807, 2.05) is 20.9 Å². The first-order valence-corrected chi connectivity index (χ1v) is 13.9. The summed E-state index contributed by atoms with van der Waals surface area (Å²) in [6.07, 6.45) is 5.24. The van der Waals surface area contributed by atoms with Crippen molar-refractivity contribution in [3.8, 4) is 17.6 Å². The number of methoxy groups -OCH3 is 1. The van der Waals surface area contributed by atoms with Crippen molar-refractivity contribution >= 4 is 5.91 Å². The molecule has 0 aromatic heterocycles. The van der Waals surface area contributed by atoms with Gasteiger partial charge in [-0.2, -0.15) is 5.26 Å². The van der Waals surface area contributed by atoms with E-state index in [0.717, 1.165) is 16.7 Å². The quantitative estimate of drug-likeness (QED) is 0.437. The molecule has 1 aromatic rings. The fourth-order valence-corrected chi connectivity index (χ4v) is 7.08. The van der Waals surface area contributed by atoms with Crippen molar-refractivity contribution in [2.45, 2.75) is 76.7 Å². The Labute approximate surface area is 235 Å². The molecule has 0 radical (unpaired) electrons. The minimum atomic E-state index is -0.524. The molecule has 4 heterocycles. The number of phenolic OH excluding ortho intramolecular Hbond substituents is 1. The normalized spacial score (nSPS) is 28.1. The minimum absolute atomic E-state index is 0.0527. The molecule has 4 aliphatic rings. The van der Waals surface area contributed by atoms with Gasteiger partial charge in [0.25, 0.3) is 0 Å². The van der Waals surface area contributed by atoms with E-state index in [1.54, 1.807) is 20.1 Å². The van der Waals surface area contributed by atoms with Gasteiger partial charge in [0.05, 0.1) is 25.3 Å². The molecular weight excluding hydrogens is 512 g/mol. The molecule has 40 heavy (non-hydrogen) atoms. The average molecular weight is 551 g/mol. The predicted octanol–water partition coefficient (Wildman–Crippen LogP) is 3.48. The number of nitrogens with zero attached hydrogens (tertiary/aromatic N) is 3. The van der Waals surface area contributed by atoms with Crippen molar-refractivity contribution in [1.29, 1.82) is 5.26 Å². The van der Waals surface area contributed by atoms with Crippen LogP contribution in [0.5, 0.6) is 11.5 Å². The number of nitrogens with one attached hydrogen (secondary N) is 1. The topological polar surface area (TPSA) is 128 Å². The number of carbonyl (C=O) groups excluding carboxylic acids is 1. The van der Waals surface area contributed by atoms with Gasteiger partial charge in [-0.05, 0) is 57.4 Å². The number of fused-ring (bicyclic) bond motifs is 6. The van der Waals surface area contributed by atoms with Gasteiger partial charge in [0.15, 0.2) is 17.3 Å². The molecule has 10 nitrogen and oxygen atoms in total. The van der Waals surface area contributed by atoms with Gasteiger partial charge in [0, 0.05) is 41.8 Å². The number of aromatic hydroxyl groups is 1. The van der Waals surface area contributed by atoms with Crippen LogP contribution in [0.15, 0.2) is 41.1 Å². The van der Waals surface area contributed by atoms with E-state index in [9.17, 15) is 20.3 Å². The molecule has 0 aliphatic carbocycles. The minimum Gasteiger partial charge on any atom is -0.508 e. The van der Waals surface area contributed by atoms with Crippen molar-refractivity contribution in [2.75, 3.05) is 27.5 Å². The lowest BCUT2D eigenvalue weighted by Crippen LogP contribution is -2.70. The second kappa shape index (κ2) is 11.1.